The third kappa shape index (κ3) is 3.01. The third-order valence-electron chi connectivity index (χ3n) is 4.49. The zero-order valence-electron chi connectivity index (χ0n) is 12.6. The van der Waals surface area contributed by atoms with E-state index >= 15 is 0 Å². The Labute approximate surface area is 132 Å². The van der Waals surface area contributed by atoms with E-state index in [2.05, 4.69) is 5.32 Å². The predicted molar refractivity (Wildman–Crippen MR) is 77.5 cm³/mol. The van der Waals surface area contributed by atoms with Crippen molar-refractivity contribution in [2.45, 2.75) is 37.5 Å². The Balaban J connectivity index is 1.75. The summed E-state index contributed by atoms with van der Waals surface area (Å²) in [5, 5.41) is 11.9. The van der Waals surface area contributed by atoms with Gasteiger partial charge in [0.05, 0.1) is 25.2 Å². The molecule has 0 aromatic heterocycles. The van der Waals surface area contributed by atoms with E-state index in [-0.39, 0.29) is 35.3 Å². The number of carboxylic acids is 1. The predicted octanol–water partition coefficient (Wildman–Crippen LogP) is 1.64. The minimum Gasteiger partial charge on any atom is -0.494 e. The molecule has 2 aliphatic heterocycles. The largest absolute Gasteiger partial charge is 0.494 e. The normalized spacial score (nSPS) is 26.8. The first-order valence-electron chi connectivity index (χ1n) is 7.51. The van der Waals surface area contributed by atoms with Crippen LogP contribution in [-0.2, 0) is 14.3 Å². The van der Waals surface area contributed by atoms with Crippen LogP contribution >= 0.6 is 0 Å². The second kappa shape index (κ2) is 6.16. The minimum absolute atomic E-state index is 0.0192. The highest BCUT2D eigenvalue weighted by atomic mass is 19.1. The second-order valence-corrected chi connectivity index (χ2v) is 5.89. The van der Waals surface area contributed by atoms with Gasteiger partial charge in [-0.15, -0.1) is 0 Å². The highest BCUT2D eigenvalue weighted by Crippen LogP contribution is 2.39. The lowest BCUT2D eigenvalue weighted by atomic mass is 9.88. The Morgan fingerprint density at radius 2 is 2.22 bits per heavy atom. The fourth-order valence-electron chi connectivity index (χ4n) is 3.31. The fraction of sp³-hybridized carbons (Fsp3) is 0.500. The number of carboxylic acid groups (broad SMARTS) is 1. The summed E-state index contributed by atoms with van der Waals surface area (Å²) in [6.45, 7) is 0. The lowest BCUT2D eigenvalue weighted by Crippen LogP contribution is -2.40. The Bertz CT molecular complexity index is 635. The van der Waals surface area contributed by atoms with Gasteiger partial charge in [0.25, 0.3) is 0 Å². The van der Waals surface area contributed by atoms with Crippen molar-refractivity contribution in [3.05, 3.63) is 29.6 Å². The van der Waals surface area contributed by atoms with E-state index in [4.69, 9.17) is 9.47 Å². The molecule has 6 nitrogen and oxygen atoms in total. The van der Waals surface area contributed by atoms with Gasteiger partial charge in [0.15, 0.2) is 17.6 Å². The van der Waals surface area contributed by atoms with Crippen LogP contribution in [0.15, 0.2) is 18.2 Å². The average Bonchev–Trinajstić information content (AvgIpc) is 3.15. The molecule has 2 bridgehead atoms. The van der Waals surface area contributed by atoms with Gasteiger partial charge >= 0.3 is 5.97 Å². The van der Waals surface area contributed by atoms with Crippen LogP contribution in [0.25, 0.3) is 0 Å². The Morgan fingerprint density at radius 3 is 2.74 bits per heavy atom. The molecule has 4 atom stereocenters. The molecule has 7 heteroatoms. The topological polar surface area (TPSA) is 84.9 Å². The number of hydrogen-bond donors (Lipinski definition) is 2. The average molecular weight is 323 g/mol. The number of hydrogen-bond acceptors (Lipinski definition) is 4. The van der Waals surface area contributed by atoms with Crippen LogP contribution in [0.3, 0.4) is 0 Å². The number of benzene rings is 1. The van der Waals surface area contributed by atoms with E-state index in [0.29, 0.717) is 6.42 Å². The molecule has 0 aliphatic carbocycles. The summed E-state index contributed by atoms with van der Waals surface area (Å²) in [6, 6.07) is 2.53. The smallest absolute Gasteiger partial charge is 0.330 e. The van der Waals surface area contributed by atoms with Gasteiger partial charge in [-0.05, 0) is 37.0 Å². The molecule has 1 amide bonds. The summed E-state index contributed by atoms with van der Waals surface area (Å²) >= 11 is 0. The number of aliphatic carboxylic acids is 1. The van der Waals surface area contributed by atoms with Gasteiger partial charge in [0.1, 0.15) is 0 Å². The molecule has 0 radical (unpaired) electrons. The van der Waals surface area contributed by atoms with Crippen LogP contribution in [0.4, 0.5) is 4.39 Å². The number of carbonyl (C=O) groups is 2. The van der Waals surface area contributed by atoms with E-state index in [1.807, 2.05) is 0 Å². The van der Waals surface area contributed by atoms with E-state index < -0.39 is 17.8 Å². The Hall–Kier alpha value is -2.15. The first-order chi connectivity index (χ1) is 11.0. The zero-order valence-corrected chi connectivity index (χ0v) is 12.6. The van der Waals surface area contributed by atoms with Gasteiger partial charge in [-0.3, -0.25) is 4.79 Å². The highest BCUT2D eigenvalue weighted by molar-refractivity contribution is 5.86. The molecule has 1 aromatic carbocycles. The van der Waals surface area contributed by atoms with Gasteiger partial charge in [0.2, 0.25) is 5.91 Å². The van der Waals surface area contributed by atoms with E-state index in [9.17, 15) is 19.1 Å². The first-order valence-corrected chi connectivity index (χ1v) is 7.51. The Morgan fingerprint density at radius 1 is 1.43 bits per heavy atom. The molecule has 2 saturated heterocycles. The number of halogens is 1. The first kappa shape index (κ1) is 15.7. The minimum atomic E-state index is -1.30. The van der Waals surface area contributed by atoms with Crippen molar-refractivity contribution < 1.29 is 28.6 Å². The molecule has 124 valence electrons. The maximum Gasteiger partial charge on any atom is 0.330 e. The van der Waals surface area contributed by atoms with Gasteiger partial charge < -0.3 is 19.9 Å². The fourth-order valence-corrected chi connectivity index (χ4v) is 3.31. The van der Waals surface area contributed by atoms with Crippen LogP contribution in [0.1, 0.15) is 30.9 Å². The van der Waals surface area contributed by atoms with E-state index in [0.717, 1.165) is 18.9 Å². The van der Waals surface area contributed by atoms with Crippen molar-refractivity contribution in [3.8, 4) is 5.75 Å². The lowest BCUT2D eigenvalue weighted by molar-refractivity contribution is -0.143. The summed E-state index contributed by atoms with van der Waals surface area (Å²) in [6.07, 6.45) is 2.33. The molecule has 0 saturated carbocycles. The molecular weight excluding hydrogens is 305 g/mol. The van der Waals surface area contributed by atoms with Crippen molar-refractivity contribution in [2.75, 3.05) is 7.11 Å². The molecule has 3 rings (SSSR count). The lowest BCUT2D eigenvalue weighted by Gasteiger charge is -2.21. The molecule has 4 unspecified atom stereocenters. The van der Waals surface area contributed by atoms with Crippen molar-refractivity contribution in [1.82, 2.24) is 5.32 Å². The van der Waals surface area contributed by atoms with Gasteiger partial charge in [-0.1, -0.05) is 6.07 Å². The molecular formula is C16H18FNO5. The van der Waals surface area contributed by atoms with Crippen LogP contribution in [-0.4, -0.2) is 36.3 Å². The number of carbonyl (C=O) groups excluding carboxylic acids is 1. The second-order valence-electron chi connectivity index (χ2n) is 5.89. The summed E-state index contributed by atoms with van der Waals surface area (Å²) in [4.78, 5) is 23.8. The maximum absolute atomic E-state index is 13.8. The highest BCUT2D eigenvalue weighted by Gasteiger charge is 2.45. The van der Waals surface area contributed by atoms with Gasteiger partial charge in [-0.2, -0.15) is 0 Å². The molecule has 2 fully saturated rings. The number of ether oxygens (including phenoxy) is 2. The quantitative estimate of drug-likeness (QED) is 0.860. The summed E-state index contributed by atoms with van der Waals surface area (Å²) in [7, 11) is 1.32. The number of amides is 1. The number of rotatable bonds is 5. The number of nitrogens with one attached hydrogen (secondary N) is 1. The van der Waals surface area contributed by atoms with Gasteiger partial charge in [0, 0.05) is 0 Å². The van der Waals surface area contributed by atoms with Crippen molar-refractivity contribution in [3.63, 3.8) is 0 Å². The summed E-state index contributed by atoms with van der Waals surface area (Å²) in [5.74, 6) is -2.59. The van der Waals surface area contributed by atoms with E-state index in [1.165, 1.54) is 19.2 Å². The van der Waals surface area contributed by atoms with Crippen LogP contribution in [0, 0.1) is 11.7 Å². The molecule has 2 heterocycles. The SMILES string of the molecule is COc1ccc(C(NC(=O)C2CC3CCC2O3)C(=O)O)cc1F. The van der Waals surface area contributed by atoms with Gasteiger partial charge in [-0.25, -0.2) is 9.18 Å². The van der Waals surface area contributed by atoms with Crippen molar-refractivity contribution in [1.29, 1.82) is 0 Å². The molecule has 1 aromatic rings. The molecule has 2 aliphatic rings. The maximum atomic E-state index is 13.8. The summed E-state index contributed by atoms with van der Waals surface area (Å²) < 4.78 is 24.2. The van der Waals surface area contributed by atoms with Crippen LogP contribution in [0.5, 0.6) is 5.75 Å². The zero-order chi connectivity index (χ0) is 16.6. The molecule has 2 N–H and O–H groups in total. The molecule has 0 spiro atoms. The standard InChI is InChI=1S/C16H18FNO5/c1-22-13-4-2-8(6-11(13)17)14(16(20)21)18-15(19)10-7-9-3-5-12(10)23-9/h2,4,6,9-10,12,14H,3,5,7H2,1H3,(H,18,19)(H,20,21). The van der Waals surface area contributed by atoms with Crippen LogP contribution in [0.2, 0.25) is 0 Å². The van der Waals surface area contributed by atoms with E-state index in [1.54, 1.807) is 0 Å². The monoisotopic (exact) mass is 323 g/mol. The number of methoxy groups -OCH3 is 1. The van der Waals surface area contributed by atoms with Crippen molar-refractivity contribution in [2.24, 2.45) is 5.92 Å². The third-order valence-corrected chi connectivity index (χ3v) is 4.49. The van der Waals surface area contributed by atoms with Crippen LogP contribution < -0.4 is 10.1 Å². The summed E-state index contributed by atoms with van der Waals surface area (Å²) in [5.41, 5.74) is 0.160. The molecule has 23 heavy (non-hydrogen) atoms. The Kier molecular flexibility index (Phi) is 4.21. The number of fused-ring (bicyclic) bond motifs is 2. The van der Waals surface area contributed by atoms with Crippen molar-refractivity contribution >= 4 is 11.9 Å².